The normalized spacial score (nSPS) is 11.4. The van der Waals surface area contributed by atoms with Crippen LogP contribution in [0.2, 0.25) is 0 Å². The van der Waals surface area contributed by atoms with E-state index in [4.69, 9.17) is 0 Å². The molecule has 0 radical (unpaired) electrons. The molecule has 0 aliphatic heterocycles. The van der Waals surface area contributed by atoms with Crippen molar-refractivity contribution in [2.24, 2.45) is 0 Å². The Morgan fingerprint density at radius 3 is 2.24 bits per heavy atom. The highest BCUT2D eigenvalue weighted by molar-refractivity contribution is 7.91. The number of sulfone groups is 1. The molecule has 3 nitrogen and oxygen atoms in total. The third-order valence-corrected chi connectivity index (χ3v) is 5.58. The van der Waals surface area contributed by atoms with Crippen molar-refractivity contribution in [2.75, 3.05) is 0 Å². The summed E-state index contributed by atoms with van der Waals surface area (Å²) in [5, 5.41) is 0. The molecular formula is C19H15F2NO2S. The van der Waals surface area contributed by atoms with E-state index in [0.717, 1.165) is 6.07 Å². The number of hydrogen-bond acceptors (Lipinski definition) is 3. The van der Waals surface area contributed by atoms with E-state index in [0.29, 0.717) is 24.1 Å². The number of aryl methyl sites for hydroxylation is 2. The minimum absolute atomic E-state index is 0.107. The molecule has 2 aromatic carbocycles. The van der Waals surface area contributed by atoms with Crippen molar-refractivity contribution in [1.29, 1.82) is 0 Å². The monoisotopic (exact) mass is 359 g/mol. The van der Waals surface area contributed by atoms with Gasteiger partial charge in [-0.1, -0.05) is 24.3 Å². The lowest BCUT2D eigenvalue weighted by molar-refractivity contribution is 0.571. The average molecular weight is 359 g/mol. The van der Waals surface area contributed by atoms with Crippen LogP contribution in [-0.4, -0.2) is 13.4 Å². The molecule has 6 heteroatoms. The molecule has 0 spiro atoms. The van der Waals surface area contributed by atoms with Crippen LogP contribution in [-0.2, 0) is 22.7 Å². The lowest BCUT2D eigenvalue weighted by Gasteiger charge is -2.06. The molecule has 1 aromatic heterocycles. The lowest BCUT2D eigenvalue weighted by atomic mass is 10.1. The van der Waals surface area contributed by atoms with E-state index >= 15 is 0 Å². The number of aromatic nitrogens is 1. The van der Waals surface area contributed by atoms with E-state index in [1.54, 1.807) is 24.3 Å². The smallest absolute Gasteiger partial charge is 0.208 e. The number of rotatable bonds is 5. The third-order valence-electron chi connectivity index (χ3n) is 3.83. The maximum atomic E-state index is 13.6. The predicted molar refractivity (Wildman–Crippen MR) is 89.9 cm³/mol. The second-order valence-corrected chi connectivity index (χ2v) is 7.49. The van der Waals surface area contributed by atoms with Gasteiger partial charge in [0.25, 0.3) is 0 Å². The van der Waals surface area contributed by atoms with Gasteiger partial charge in [-0.25, -0.2) is 17.2 Å². The van der Waals surface area contributed by atoms with Gasteiger partial charge in [-0.15, -0.1) is 0 Å². The van der Waals surface area contributed by atoms with Gasteiger partial charge in [-0.2, -0.15) is 0 Å². The summed E-state index contributed by atoms with van der Waals surface area (Å²) < 4.78 is 51.5. The first-order valence-corrected chi connectivity index (χ1v) is 9.14. The van der Waals surface area contributed by atoms with Crippen molar-refractivity contribution in [1.82, 2.24) is 4.98 Å². The van der Waals surface area contributed by atoms with E-state index < -0.39 is 21.5 Å². The molecule has 0 atom stereocenters. The van der Waals surface area contributed by atoms with Crippen LogP contribution in [0.25, 0.3) is 0 Å². The van der Waals surface area contributed by atoms with Gasteiger partial charge in [0.2, 0.25) is 9.84 Å². The Morgan fingerprint density at radius 1 is 0.840 bits per heavy atom. The second kappa shape index (κ2) is 7.11. The zero-order chi connectivity index (χ0) is 17.9. The van der Waals surface area contributed by atoms with Crippen LogP contribution in [0.3, 0.4) is 0 Å². The summed E-state index contributed by atoms with van der Waals surface area (Å²) in [5.41, 5.74) is 1.03. The summed E-state index contributed by atoms with van der Waals surface area (Å²) in [6.45, 7) is 0. The Kier molecular flexibility index (Phi) is 4.90. The topological polar surface area (TPSA) is 47.0 Å². The Balaban J connectivity index is 1.74. The van der Waals surface area contributed by atoms with Crippen LogP contribution in [0.4, 0.5) is 8.78 Å². The van der Waals surface area contributed by atoms with Gasteiger partial charge in [0.15, 0.2) is 0 Å². The Hall–Kier alpha value is -2.60. The van der Waals surface area contributed by atoms with Crippen LogP contribution < -0.4 is 0 Å². The van der Waals surface area contributed by atoms with Gasteiger partial charge in [0.05, 0.1) is 9.79 Å². The first kappa shape index (κ1) is 17.2. The molecule has 0 saturated carbocycles. The van der Waals surface area contributed by atoms with E-state index in [-0.39, 0.29) is 9.79 Å². The summed E-state index contributed by atoms with van der Waals surface area (Å²) in [4.78, 5) is 4.47. The first-order valence-electron chi connectivity index (χ1n) is 7.66. The van der Waals surface area contributed by atoms with Crippen LogP contribution in [0.5, 0.6) is 0 Å². The lowest BCUT2D eigenvalue weighted by Crippen LogP contribution is -2.04. The molecule has 128 valence electrons. The Bertz CT molecular complexity index is 972. The highest BCUT2D eigenvalue weighted by atomic mass is 32.2. The Labute approximate surface area is 144 Å². The molecule has 0 amide bonds. The van der Waals surface area contributed by atoms with Crippen LogP contribution in [0.1, 0.15) is 11.3 Å². The summed E-state index contributed by atoms with van der Waals surface area (Å²) >= 11 is 0. The maximum Gasteiger partial charge on any atom is 0.208 e. The van der Waals surface area contributed by atoms with Crippen molar-refractivity contribution in [3.63, 3.8) is 0 Å². The van der Waals surface area contributed by atoms with Gasteiger partial charge < -0.3 is 0 Å². The fraction of sp³-hybridized carbons (Fsp3) is 0.105. The molecule has 0 fully saturated rings. The molecular weight excluding hydrogens is 344 g/mol. The minimum atomic E-state index is -3.60. The van der Waals surface area contributed by atoms with Crippen molar-refractivity contribution in [2.45, 2.75) is 22.6 Å². The SMILES string of the molecule is O=S(=O)(c1ccccc1)c1ccc(CCc2ccc(F)cc2F)nc1. The fourth-order valence-corrected chi connectivity index (χ4v) is 3.67. The molecule has 3 aromatic rings. The second-order valence-electron chi connectivity index (χ2n) is 5.54. The van der Waals surface area contributed by atoms with E-state index in [9.17, 15) is 17.2 Å². The molecule has 3 rings (SSSR count). The summed E-state index contributed by atoms with van der Waals surface area (Å²) in [7, 11) is -3.60. The maximum absolute atomic E-state index is 13.6. The van der Waals surface area contributed by atoms with Crippen LogP contribution >= 0.6 is 0 Å². The quantitative estimate of drug-likeness (QED) is 0.692. The van der Waals surface area contributed by atoms with Crippen molar-refractivity contribution < 1.29 is 17.2 Å². The fourth-order valence-electron chi connectivity index (χ4n) is 2.44. The van der Waals surface area contributed by atoms with Gasteiger partial charge >= 0.3 is 0 Å². The predicted octanol–water partition coefficient (Wildman–Crippen LogP) is 3.98. The van der Waals surface area contributed by atoms with Gasteiger partial charge in [0, 0.05) is 18.0 Å². The minimum Gasteiger partial charge on any atom is -0.260 e. The van der Waals surface area contributed by atoms with Crippen LogP contribution in [0, 0.1) is 11.6 Å². The molecule has 0 unspecified atom stereocenters. The largest absolute Gasteiger partial charge is 0.260 e. The molecule has 0 N–H and O–H groups in total. The summed E-state index contributed by atoms with van der Waals surface area (Å²) in [5.74, 6) is -1.21. The van der Waals surface area contributed by atoms with E-state index in [1.807, 2.05) is 0 Å². The molecule has 0 aliphatic carbocycles. The van der Waals surface area contributed by atoms with Crippen molar-refractivity contribution >= 4 is 9.84 Å². The Morgan fingerprint density at radius 2 is 1.60 bits per heavy atom. The first-order chi connectivity index (χ1) is 12.0. The average Bonchev–Trinajstić information content (AvgIpc) is 2.62. The summed E-state index contributed by atoms with van der Waals surface area (Å²) in [6, 6.07) is 14.7. The molecule has 0 saturated heterocycles. The molecule has 0 bridgehead atoms. The number of hydrogen-bond donors (Lipinski definition) is 0. The number of nitrogens with zero attached hydrogens (tertiary/aromatic N) is 1. The van der Waals surface area contributed by atoms with Gasteiger partial charge in [-0.3, -0.25) is 4.98 Å². The van der Waals surface area contributed by atoms with Crippen molar-refractivity contribution in [3.8, 4) is 0 Å². The zero-order valence-electron chi connectivity index (χ0n) is 13.2. The summed E-state index contributed by atoms with van der Waals surface area (Å²) in [6.07, 6.45) is 2.08. The number of halogens is 2. The number of benzene rings is 2. The standard InChI is InChI=1S/C19H15F2NO2S/c20-15-8-6-14(19(21)12-15)7-9-16-10-11-18(13-22-16)25(23,24)17-4-2-1-3-5-17/h1-6,8,10-13H,7,9H2. The van der Waals surface area contributed by atoms with Crippen molar-refractivity contribution in [3.05, 3.63) is 89.8 Å². The van der Waals surface area contributed by atoms with E-state index in [1.165, 1.54) is 36.5 Å². The van der Waals surface area contributed by atoms with Crippen LogP contribution in [0.15, 0.2) is 76.7 Å². The zero-order valence-corrected chi connectivity index (χ0v) is 14.0. The molecule has 25 heavy (non-hydrogen) atoms. The van der Waals surface area contributed by atoms with E-state index in [2.05, 4.69) is 4.98 Å². The third kappa shape index (κ3) is 3.91. The highest BCUT2D eigenvalue weighted by Crippen LogP contribution is 2.20. The highest BCUT2D eigenvalue weighted by Gasteiger charge is 2.17. The molecule has 1 heterocycles. The molecule has 0 aliphatic rings. The van der Waals surface area contributed by atoms with Gasteiger partial charge in [0.1, 0.15) is 11.6 Å². The number of pyridine rings is 1. The van der Waals surface area contributed by atoms with Gasteiger partial charge in [-0.05, 0) is 48.7 Å².